The van der Waals surface area contributed by atoms with E-state index in [-0.39, 0.29) is 11.7 Å². The van der Waals surface area contributed by atoms with Crippen molar-refractivity contribution in [3.63, 3.8) is 0 Å². The summed E-state index contributed by atoms with van der Waals surface area (Å²) in [6, 6.07) is 2.03. The monoisotopic (exact) mass is 443 g/mol. The van der Waals surface area contributed by atoms with Gasteiger partial charge in [-0.1, -0.05) is 0 Å². The molecule has 0 radical (unpaired) electrons. The molecule has 0 spiro atoms. The summed E-state index contributed by atoms with van der Waals surface area (Å²) >= 11 is 0. The van der Waals surface area contributed by atoms with Gasteiger partial charge >= 0.3 is 0 Å². The Bertz CT molecular complexity index is 1170. The van der Waals surface area contributed by atoms with E-state index in [0.29, 0.717) is 31.5 Å². The van der Waals surface area contributed by atoms with Crippen LogP contribution in [0.2, 0.25) is 0 Å². The summed E-state index contributed by atoms with van der Waals surface area (Å²) < 4.78 is 32.8. The second-order valence-corrected chi connectivity index (χ2v) is 11.0. The summed E-state index contributed by atoms with van der Waals surface area (Å²) in [7, 11) is -1.53. The zero-order valence-electron chi connectivity index (χ0n) is 17.8. The molecule has 4 heterocycles. The van der Waals surface area contributed by atoms with Gasteiger partial charge in [-0.15, -0.1) is 0 Å². The number of hydrogen-bond donors (Lipinski definition) is 1. The van der Waals surface area contributed by atoms with Crippen LogP contribution in [0.5, 0.6) is 0 Å². The molecule has 1 aliphatic carbocycles. The summed E-state index contributed by atoms with van der Waals surface area (Å²) in [5.74, 6) is 1.12. The quantitative estimate of drug-likeness (QED) is 0.628. The molecule has 2 aliphatic rings. The second kappa shape index (κ2) is 8.44. The number of methoxy groups -OCH3 is 1. The van der Waals surface area contributed by atoms with E-state index in [2.05, 4.69) is 19.9 Å². The Kier molecular flexibility index (Phi) is 5.66. The number of nitrogens with zero attached hydrogens (tertiary/aromatic N) is 4. The molecule has 1 atom stereocenters. The van der Waals surface area contributed by atoms with Crippen LogP contribution in [-0.4, -0.2) is 65.2 Å². The zero-order valence-corrected chi connectivity index (χ0v) is 18.6. The number of hydrogen-bond acceptors (Lipinski definition) is 6. The van der Waals surface area contributed by atoms with E-state index in [1.54, 1.807) is 23.9 Å². The van der Waals surface area contributed by atoms with Crippen molar-refractivity contribution >= 4 is 32.0 Å². The van der Waals surface area contributed by atoms with E-state index in [0.717, 1.165) is 59.7 Å². The van der Waals surface area contributed by atoms with Crippen molar-refractivity contribution in [2.75, 3.05) is 32.6 Å². The summed E-state index contributed by atoms with van der Waals surface area (Å²) in [5.41, 5.74) is 2.78. The molecule has 9 heteroatoms. The van der Waals surface area contributed by atoms with Gasteiger partial charge in [0.25, 0.3) is 0 Å². The van der Waals surface area contributed by atoms with Crippen LogP contribution in [0.4, 0.5) is 0 Å². The molecule has 3 aromatic heterocycles. The summed E-state index contributed by atoms with van der Waals surface area (Å²) in [6.45, 7) is 1.85. The highest BCUT2D eigenvalue weighted by Gasteiger charge is 2.34. The maximum absolute atomic E-state index is 12.9. The molecule has 1 unspecified atom stereocenters. The first kappa shape index (κ1) is 20.8. The summed E-state index contributed by atoms with van der Waals surface area (Å²) in [5, 5.41) is 2.13. The second-order valence-electron chi connectivity index (χ2n) is 8.98. The fraction of sp³-hybridized carbons (Fsp3) is 0.591. The molecule has 1 N–H and O–H groups in total. The SMILES string of the molecule is COCC1CCN(S(=O)(=O)CC2CCC(c3ncnc4cnc5[nH]ccc5c34)CC2)C1. The minimum Gasteiger partial charge on any atom is -0.384 e. The average molecular weight is 444 g/mol. The molecule has 0 amide bonds. The van der Waals surface area contributed by atoms with Crippen LogP contribution in [0.15, 0.2) is 24.8 Å². The lowest BCUT2D eigenvalue weighted by Gasteiger charge is -2.29. The predicted molar refractivity (Wildman–Crippen MR) is 119 cm³/mol. The number of ether oxygens (including phenoxy) is 1. The highest BCUT2D eigenvalue weighted by molar-refractivity contribution is 7.89. The maximum atomic E-state index is 12.9. The van der Waals surface area contributed by atoms with Gasteiger partial charge in [-0.25, -0.2) is 27.7 Å². The number of aromatic amines is 1. The van der Waals surface area contributed by atoms with Gasteiger partial charge in [0.15, 0.2) is 0 Å². The minimum absolute atomic E-state index is 0.213. The van der Waals surface area contributed by atoms with Crippen LogP contribution in [0.3, 0.4) is 0 Å². The van der Waals surface area contributed by atoms with Crippen LogP contribution in [0, 0.1) is 11.8 Å². The van der Waals surface area contributed by atoms with Gasteiger partial charge in [0, 0.05) is 43.1 Å². The normalized spacial score (nSPS) is 25.5. The fourth-order valence-electron chi connectivity index (χ4n) is 5.32. The average Bonchev–Trinajstić information content (AvgIpc) is 3.44. The Hall–Kier alpha value is -2.10. The lowest BCUT2D eigenvalue weighted by molar-refractivity contribution is 0.157. The van der Waals surface area contributed by atoms with Crippen molar-refractivity contribution in [1.29, 1.82) is 0 Å². The van der Waals surface area contributed by atoms with Crippen LogP contribution >= 0.6 is 0 Å². The van der Waals surface area contributed by atoms with Gasteiger partial charge in [0.1, 0.15) is 12.0 Å². The Morgan fingerprint density at radius 3 is 2.77 bits per heavy atom. The van der Waals surface area contributed by atoms with Gasteiger partial charge < -0.3 is 9.72 Å². The molecule has 31 heavy (non-hydrogen) atoms. The van der Waals surface area contributed by atoms with Gasteiger partial charge in [-0.05, 0) is 50.0 Å². The van der Waals surface area contributed by atoms with Crippen molar-refractivity contribution in [2.24, 2.45) is 11.8 Å². The highest BCUT2D eigenvalue weighted by atomic mass is 32.2. The van der Waals surface area contributed by atoms with E-state index in [4.69, 9.17) is 4.74 Å². The standard InChI is InChI=1S/C22H29N5O3S/c1-30-12-16-7-9-27(11-16)31(28,29)13-15-2-4-17(5-3-15)21-20-18-6-8-23-22(18)24-10-19(20)25-14-26-21/h6,8,10,14-17H,2-5,7,9,11-13H2,1H3,(H,23,24). The summed E-state index contributed by atoms with van der Waals surface area (Å²) in [6.07, 6.45) is 9.93. The molecule has 1 saturated carbocycles. The maximum Gasteiger partial charge on any atom is 0.214 e. The predicted octanol–water partition coefficient (Wildman–Crippen LogP) is 3.08. The number of fused-ring (bicyclic) bond motifs is 3. The van der Waals surface area contributed by atoms with Crippen molar-refractivity contribution < 1.29 is 13.2 Å². The molecule has 0 aromatic carbocycles. The lowest BCUT2D eigenvalue weighted by atomic mass is 9.80. The smallest absolute Gasteiger partial charge is 0.214 e. The molecule has 8 nitrogen and oxygen atoms in total. The molecule has 1 aliphatic heterocycles. The van der Waals surface area contributed by atoms with Gasteiger partial charge in [-0.3, -0.25) is 0 Å². The number of nitrogens with one attached hydrogen (secondary N) is 1. The van der Waals surface area contributed by atoms with Crippen LogP contribution in [0.1, 0.15) is 43.7 Å². The third-order valence-electron chi connectivity index (χ3n) is 6.94. The van der Waals surface area contributed by atoms with Crippen LogP contribution in [-0.2, 0) is 14.8 Å². The number of aromatic nitrogens is 4. The number of H-pyrrole nitrogens is 1. The zero-order chi connectivity index (χ0) is 21.4. The first-order valence-electron chi connectivity index (χ1n) is 11.1. The minimum atomic E-state index is -3.21. The fourth-order valence-corrected chi connectivity index (χ4v) is 7.28. The van der Waals surface area contributed by atoms with Crippen LogP contribution in [0.25, 0.3) is 21.9 Å². The Morgan fingerprint density at radius 2 is 1.97 bits per heavy atom. The Balaban J connectivity index is 1.28. The molecule has 2 fully saturated rings. The summed E-state index contributed by atoms with van der Waals surface area (Å²) in [4.78, 5) is 16.7. The van der Waals surface area contributed by atoms with Crippen molar-refractivity contribution in [3.8, 4) is 0 Å². The third-order valence-corrected chi connectivity index (χ3v) is 8.95. The van der Waals surface area contributed by atoms with E-state index in [1.165, 1.54) is 0 Å². The lowest BCUT2D eigenvalue weighted by Crippen LogP contribution is -2.35. The number of sulfonamides is 1. The van der Waals surface area contributed by atoms with Gasteiger partial charge in [0.2, 0.25) is 10.0 Å². The largest absolute Gasteiger partial charge is 0.384 e. The third kappa shape index (κ3) is 4.06. The van der Waals surface area contributed by atoms with E-state index >= 15 is 0 Å². The first-order chi connectivity index (χ1) is 15.0. The van der Waals surface area contributed by atoms with E-state index < -0.39 is 10.0 Å². The van der Waals surface area contributed by atoms with Crippen molar-refractivity contribution in [2.45, 2.75) is 38.0 Å². The van der Waals surface area contributed by atoms with E-state index in [1.807, 2.05) is 12.3 Å². The molecular formula is C22H29N5O3S. The Morgan fingerprint density at radius 1 is 1.13 bits per heavy atom. The molecule has 3 aromatic rings. The molecule has 0 bridgehead atoms. The molecular weight excluding hydrogens is 414 g/mol. The van der Waals surface area contributed by atoms with Gasteiger partial charge in [-0.2, -0.15) is 0 Å². The topological polar surface area (TPSA) is 101 Å². The first-order valence-corrected chi connectivity index (χ1v) is 12.7. The molecule has 166 valence electrons. The van der Waals surface area contributed by atoms with Crippen molar-refractivity contribution in [3.05, 3.63) is 30.5 Å². The van der Waals surface area contributed by atoms with Crippen LogP contribution < -0.4 is 0 Å². The highest BCUT2D eigenvalue weighted by Crippen LogP contribution is 2.39. The number of pyridine rings is 1. The van der Waals surface area contributed by atoms with E-state index in [9.17, 15) is 8.42 Å². The van der Waals surface area contributed by atoms with Crippen molar-refractivity contribution in [1.82, 2.24) is 24.2 Å². The molecule has 1 saturated heterocycles. The number of rotatable bonds is 6. The Labute approximate surface area is 182 Å². The van der Waals surface area contributed by atoms with Gasteiger partial charge in [0.05, 0.1) is 29.8 Å². The molecule has 5 rings (SSSR count).